The molecule has 12 heavy (non-hydrogen) atoms. The molecule has 2 nitrogen and oxygen atoms in total. The van der Waals surface area contributed by atoms with Crippen molar-refractivity contribution in [3.05, 3.63) is 23.5 Å². The van der Waals surface area contributed by atoms with E-state index in [2.05, 4.69) is 6.92 Å². The molecule has 0 bridgehead atoms. The standard InChI is InChI=1S/C10H16O2/c1-7-5-9(11)6-10(3,12-4)8(7)2/h5-6,8,11H,1-4H3. The molecule has 0 aromatic rings. The van der Waals surface area contributed by atoms with Gasteiger partial charge in [-0.2, -0.15) is 0 Å². The van der Waals surface area contributed by atoms with E-state index in [1.807, 2.05) is 13.8 Å². The van der Waals surface area contributed by atoms with Crippen LogP contribution in [0.1, 0.15) is 20.8 Å². The Morgan fingerprint density at radius 1 is 1.58 bits per heavy atom. The molecule has 2 atom stereocenters. The highest BCUT2D eigenvalue weighted by Crippen LogP contribution is 2.33. The van der Waals surface area contributed by atoms with Gasteiger partial charge in [-0.25, -0.2) is 0 Å². The van der Waals surface area contributed by atoms with Crippen LogP contribution in [-0.4, -0.2) is 17.8 Å². The quantitative estimate of drug-likeness (QED) is 0.651. The fourth-order valence-electron chi connectivity index (χ4n) is 1.51. The second-order valence-electron chi connectivity index (χ2n) is 3.57. The van der Waals surface area contributed by atoms with E-state index < -0.39 is 0 Å². The topological polar surface area (TPSA) is 29.5 Å². The predicted octanol–water partition coefficient (Wildman–Crippen LogP) is 2.43. The second-order valence-corrected chi connectivity index (χ2v) is 3.57. The molecule has 0 aromatic carbocycles. The van der Waals surface area contributed by atoms with E-state index in [1.165, 1.54) is 0 Å². The zero-order chi connectivity index (χ0) is 9.35. The molecule has 0 amide bonds. The molecule has 0 heterocycles. The molecular weight excluding hydrogens is 152 g/mol. The maximum atomic E-state index is 9.37. The van der Waals surface area contributed by atoms with E-state index in [-0.39, 0.29) is 5.60 Å². The Labute approximate surface area is 73.5 Å². The summed E-state index contributed by atoms with van der Waals surface area (Å²) >= 11 is 0. The summed E-state index contributed by atoms with van der Waals surface area (Å²) in [4.78, 5) is 0. The molecule has 1 aliphatic carbocycles. The lowest BCUT2D eigenvalue weighted by atomic mass is 9.81. The number of hydrogen-bond donors (Lipinski definition) is 1. The van der Waals surface area contributed by atoms with Gasteiger partial charge in [-0.05, 0) is 26.0 Å². The molecule has 1 N–H and O–H groups in total. The predicted molar refractivity (Wildman–Crippen MR) is 49.0 cm³/mol. The highest BCUT2D eigenvalue weighted by molar-refractivity contribution is 5.30. The van der Waals surface area contributed by atoms with E-state index in [1.54, 1.807) is 19.3 Å². The van der Waals surface area contributed by atoms with Crippen LogP contribution in [0.25, 0.3) is 0 Å². The lowest BCUT2D eigenvalue weighted by Gasteiger charge is -2.34. The number of methoxy groups -OCH3 is 1. The van der Waals surface area contributed by atoms with E-state index in [0.29, 0.717) is 11.7 Å². The zero-order valence-electron chi connectivity index (χ0n) is 8.09. The lowest BCUT2D eigenvalue weighted by molar-refractivity contribution is 0.0113. The second kappa shape index (κ2) is 2.94. The van der Waals surface area contributed by atoms with Crippen molar-refractivity contribution in [3.8, 4) is 0 Å². The first-order valence-corrected chi connectivity index (χ1v) is 4.15. The highest BCUT2D eigenvalue weighted by Gasteiger charge is 2.32. The average molecular weight is 168 g/mol. The molecule has 1 aliphatic rings. The Balaban J connectivity index is 3.01. The first-order chi connectivity index (χ1) is 5.49. The third-order valence-electron chi connectivity index (χ3n) is 2.79. The molecule has 2 unspecified atom stereocenters. The van der Waals surface area contributed by atoms with Crippen LogP contribution in [0.5, 0.6) is 0 Å². The Hall–Kier alpha value is -0.760. The van der Waals surface area contributed by atoms with Crippen molar-refractivity contribution in [1.82, 2.24) is 0 Å². The Bertz CT molecular complexity index is 240. The summed E-state index contributed by atoms with van der Waals surface area (Å²) in [5.74, 6) is 0.619. The number of rotatable bonds is 1. The van der Waals surface area contributed by atoms with E-state index in [4.69, 9.17) is 4.74 Å². The number of hydrogen-bond acceptors (Lipinski definition) is 2. The SMILES string of the molecule is COC1(C)C=C(O)C=C(C)C1C. The van der Waals surface area contributed by atoms with Gasteiger partial charge in [0, 0.05) is 13.0 Å². The van der Waals surface area contributed by atoms with Crippen molar-refractivity contribution in [3.63, 3.8) is 0 Å². The lowest BCUT2D eigenvalue weighted by Crippen LogP contribution is -2.36. The number of ether oxygens (including phenoxy) is 1. The van der Waals surface area contributed by atoms with Crippen LogP contribution in [0.15, 0.2) is 23.5 Å². The number of aliphatic hydroxyl groups is 1. The van der Waals surface area contributed by atoms with Crippen LogP contribution >= 0.6 is 0 Å². The van der Waals surface area contributed by atoms with Crippen molar-refractivity contribution in [1.29, 1.82) is 0 Å². The minimum absolute atomic E-state index is 0.301. The molecule has 0 radical (unpaired) electrons. The normalized spacial score (nSPS) is 35.8. The summed E-state index contributed by atoms with van der Waals surface area (Å²) in [7, 11) is 1.67. The smallest absolute Gasteiger partial charge is 0.114 e. The summed E-state index contributed by atoms with van der Waals surface area (Å²) < 4.78 is 5.35. The summed E-state index contributed by atoms with van der Waals surface area (Å²) in [6.07, 6.45) is 3.54. The molecule has 2 heteroatoms. The van der Waals surface area contributed by atoms with E-state index in [0.717, 1.165) is 5.57 Å². The summed E-state index contributed by atoms with van der Waals surface area (Å²) in [6.45, 7) is 6.08. The van der Waals surface area contributed by atoms with Crippen LogP contribution in [0.3, 0.4) is 0 Å². The van der Waals surface area contributed by atoms with E-state index >= 15 is 0 Å². The van der Waals surface area contributed by atoms with Crippen molar-refractivity contribution >= 4 is 0 Å². The summed E-state index contributed by atoms with van der Waals surface area (Å²) in [6, 6.07) is 0. The van der Waals surface area contributed by atoms with E-state index in [9.17, 15) is 5.11 Å². The molecule has 68 valence electrons. The van der Waals surface area contributed by atoms with Crippen LogP contribution in [-0.2, 0) is 4.74 Å². The van der Waals surface area contributed by atoms with Gasteiger partial charge in [0.1, 0.15) is 5.76 Å². The minimum Gasteiger partial charge on any atom is -0.508 e. The zero-order valence-corrected chi connectivity index (χ0v) is 8.09. The van der Waals surface area contributed by atoms with Crippen LogP contribution in [0.4, 0.5) is 0 Å². The Morgan fingerprint density at radius 2 is 2.17 bits per heavy atom. The maximum Gasteiger partial charge on any atom is 0.114 e. The fourth-order valence-corrected chi connectivity index (χ4v) is 1.51. The van der Waals surface area contributed by atoms with Crippen molar-refractivity contribution in [2.45, 2.75) is 26.4 Å². The molecule has 0 fully saturated rings. The molecule has 0 aliphatic heterocycles. The third-order valence-corrected chi connectivity index (χ3v) is 2.79. The van der Waals surface area contributed by atoms with Gasteiger partial charge in [0.25, 0.3) is 0 Å². The van der Waals surface area contributed by atoms with Gasteiger partial charge in [-0.15, -0.1) is 0 Å². The monoisotopic (exact) mass is 168 g/mol. The molecular formula is C10H16O2. The van der Waals surface area contributed by atoms with Gasteiger partial charge in [0.05, 0.1) is 5.60 Å². The highest BCUT2D eigenvalue weighted by atomic mass is 16.5. The van der Waals surface area contributed by atoms with Crippen molar-refractivity contribution < 1.29 is 9.84 Å². The average Bonchev–Trinajstić information content (AvgIpc) is 2.00. The van der Waals surface area contributed by atoms with Gasteiger partial charge in [0.2, 0.25) is 0 Å². The number of aliphatic hydroxyl groups excluding tert-OH is 1. The van der Waals surface area contributed by atoms with Crippen molar-refractivity contribution in [2.75, 3.05) is 7.11 Å². The molecule has 1 rings (SSSR count). The fraction of sp³-hybridized carbons (Fsp3) is 0.600. The summed E-state index contributed by atoms with van der Waals surface area (Å²) in [5.41, 5.74) is 0.794. The van der Waals surface area contributed by atoms with Crippen LogP contribution in [0, 0.1) is 5.92 Å². The largest absolute Gasteiger partial charge is 0.508 e. The van der Waals surface area contributed by atoms with Gasteiger partial charge >= 0.3 is 0 Å². The molecule has 0 aromatic heterocycles. The van der Waals surface area contributed by atoms with Crippen LogP contribution < -0.4 is 0 Å². The van der Waals surface area contributed by atoms with Gasteiger partial charge < -0.3 is 9.84 Å². The Kier molecular flexibility index (Phi) is 2.29. The van der Waals surface area contributed by atoms with Gasteiger partial charge in [-0.3, -0.25) is 0 Å². The van der Waals surface area contributed by atoms with Gasteiger partial charge in [0.15, 0.2) is 0 Å². The third kappa shape index (κ3) is 1.39. The number of allylic oxidation sites excluding steroid dienone is 1. The first-order valence-electron chi connectivity index (χ1n) is 4.15. The van der Waals surface area contributed by atoms with Gasteiger partial charge in [-0.1, -0.05) is 12.5 Å². The minimum atomic E-state index is -0.358. The maximum absolute atomic E-state index is 9.37. The van der Waals surface area contributed by atoms with Crippen LogP contribution in [0.2, 0.25) is 0 Å². The summed E-state index contributed by atoms with van der Waals surface area (Å²) in [5, 5.41) is 9.37. The first kappa shape index (κ1) is 9.33. The molecule has 0 saturated heterocycles. The molecule has 0 spiro atoms. The Morgan fingerprint density at radius 3 is 2.67 bits per heavy atom. The van der Waals surface area contributed by atoms with Crippen molar-refractivity contribution in [2.24, 2.45) is 5.92 Å². The molecule has 0 saturated carbocycles.